The maximum Gasteiger partial charge on any atom is 0.472 e. The van der Waals surface area contributed by atoms with Crippen molar-refractivity contribution in [2.24, 2.45) is 0 Å². The summed E-state index contributed by atoms with van der Waals surface area (Å²) in [6.45, 7) is 4.73. The van der Waals surface area contributed by atoms with Crippen LogP contribution in [0.1, 0.15) is 296 Å². The lowest BCUT2D eigenvalue weighted by molar-refractivity contribution is -0.870. The third-order valence-corrected chi connectivity index (χ3v) is 15.8. The number of phosphoric ester groups is 1. The molecule has 0 saturated carbocycles. The predicted molar refractivity (Wildman–Crippen MR) is 350 cm³/mol. The van der Waals surface area contributed by atoms with Crippen LogP contribution in [0.5, 0.6) is 0 Å². The SMILES string of the molecule is CC/C=C\C/C=C\C/C=C\C/C=C\C/C=C\C/C=C\C/C=C\CCCCCCCCCCCCCC(=O)NC(COP(=O)(O)OCC[N+](C)(C)C)C(O)/C=C/CCCCCCCCCCCCCCCCCCCCCCCCC. The summed E-state index contributed by atoms with van der Waals surface area (Å²) in [7, 11) is 1.57. The van der Waals surface area contributed by atoms with Crippen molar-refractivity contribution in [1.82, 2.24) is 5.32 Å². The molecule has 0 fully saturated rings. The number of quaternary nitrogens is 1. The van der Waals surface area contributed by atoms with E-state index in [1.807, 2.05) is 27.2 Å². The van der Waals surface area contributed by atoms with Gasteiger partial charge in [0.05, 0.1) is 39.9 Å². The van der Waals surface area contributed by atoms with Crippen LogP contribution in [0.4, 0.5) is 0 Å². The fourth-order valence-corrected chi connectivity index (χ4v) is 10.3. The number of hydrogen-bond donors (Lipinski definition) is 3. The quantitative estimate of drug-likeness (QED) is 0.0243. The Hall–Kier alpha value is -2.58. The second kappa shape index (κ2) is 61.0. The molecule has 3 unspecified atom stereocenters. The highest BCUT2D eigenvalue weighted by Crippen LogP contribution is 2.43. The molecular weight excluding hydrogens is 1010 g/mol. The summed E-state index contributed by atoms with van der Waals surface area (Å²) in [5.74, 6) is -0.181. The first-order chi connectivity index (χ1) is 39.0. The van der Waals surface area contributed by atoms with Gasteiger partial charge in [-0.1, -0.05) is 310 Å². The van der Waals surface area contributed by atoms with Gasteiger partial charge in [-0.2, -0.15) is 0 Å². The maximum atomic E-state index is 13.0. The highest BCUT2D eigenvalue weighted by Gasteiger charge is 2.28. The fourth-order valence-electron chi connectivity index (χ4n) is 9.61. The molecule has 3 atom stereocenters. The van der Waals surface area contributed by atoms with Crippen molar-refractivity contribution in [1.29, 1.82) is 0 Å². The Morgan fingerprint density at radius 3 is 1.10 bits per heavy atom. The molecule has 1 amide bonds. The van der Waals surface area contributed by atoms with E-state index in [4.69, 9.17) is 9.05 Å². The van der Waals surface area contributed by atoms with Gasteiger partial charge in [-0.3, -0.25) is 13.8 Å². The van der Waals surface area contributed by atoms with Gasteiger partial charge in [0.25, 0.3) is 0 Å². The number of likely N-dealkylation sites (N-methyl/N-ethyl adjacent to an activating group) is 1. The van der Waals surface area contributed by atoms with Gasteiger partial charge in [0, 0.05) is 6.42 Å². The molecule has 80 heavy (non-hydrogen) atoms. The van der Waals surface area contributed by atoms with Crippen LogP contribution in [0.25, 0.3) is 0 Å². The second-order valence-corrected chi connectivity index (χ2v) is 25.3. The molecule has 3 N–H and O–H groups in total. The number of amides is 1. The summed E-state index contributed by atoms with van der Waals surface area (Å²) in [6.07, 6.45) is 88.2. The van der Waals surface area contributed by atoms with Crippen molar-refractivity contribution >= 4 is 13.7 Å². The molecule has 0 aliphatic heterocycles. The van der Waals surface area contributed by atoms with E-state index in [0.717, 1.165) is 83.5 Å². The Morgan fingerprint density at radius 2 is 0.750 bits per heavy atom. The second-order valence-electron chi connectivity index (χ2n) is 23.8. The molecule has 0 rings (SSSR count). The lowest BCUT2D eigenvalue weighted by Gasteiger charge is -2.25. The van der Waals surface area contributed by atoms with Crippen LogP contribution in [-0.2, 0) is 18.4 Å². The van der Waals surface area contributed by atoms with Crippen LogP contribution in [-0.4, -0.2) is 73.4 Å². The minimum atomic E-state index is -4.36. The molecule has 0 aromatic rings. The number of allylic oxidation sites excluding steroid dienone is 15. The first kappa shape index (κ1) is 77.4. The van der Waals surface area contributed by atoms with Crippen molar-refractivity contribution < 1.29 is 32.9 Å². The third-order valence-electron chi connectivity index (χ3n) is 14.8. The van der Waals surface area contributed by atoms with Crippen LogP contribution in [0.2, 0.25) is 0 Å². The van der Waals surface area contributed by atoms with Crippen molar-refractivity contribution in [3.63, 3.8) is 0 Å². The lowest BCUT2D eigenvalue weighted by atomic mass is 10.0. The zero-order valence-electron chi connectivity index (χ0n) is 53.0. The first-order valence-corrected chi connectivity index (χ1v) is 35.1. The average Bonchev–Trinajstić information content (AvgIpc) is 3.42. The molecule has 464 valence electrons. The lowest BCUT2D eigenvalue weighted by Crippen LogP contribution is -2.45. The van der Waals surface area contributed by atoms with Crippen LogP contribution < -0.4 is 5.32 Å². The Kier molecular flexibility index (Phi) is 59.0. The molecule has 0 radical (unpaired) electrons. The standard InChI is InChI=1S/C71H129N2O6P/c1-6-8-10-12-14-16-18-20-22-24-26-28-30-32-33-34-35-36-37-38-39-41-43-45-47-49-51-53-55-57-59-61-63-65-71(75)72-69(68-79-80(76,77)78-67-66-73(3,4)5)70(74)64-62-60-58-56-54-52-50-48-46-44-42-40-31-29-27-25-23-21-19-17-15-13-11-9-7-2/h8,10,14,16,20,22,26,28,32-33,35-36,38-39,62,64,69-70,74H,6-7,9,11-13,15,17-19,21,23-25,27,29-31,34,37,40-61,63,65-68H2,1-5H3,(H-,72,75,76,77)/p+1/b10-8-,16-14-,22-20-,28-26-,33-32-,36-35-,39-38-,64-62+. The number of carbonyl (C=O) groups excluding carboxylic acids is 1. The molecule has 0 aliphatic rings. The number of aliphatic hydroxyl groups is 1. The van der Waals surface area contributed by atoms with E-state index in [0.29, 0.717) is 17.4 Å². The smallest absolute Gasteiger partial charge is 0.387 e. The van der Waals surface area contributed by atoms with Crippen LogP contribution in [0, 0.1) is 0 Å². The monoisotopic (exact) mass is 1140 g/mol. The molecule has 0 aromatic carbocycles. The van der Waals surface area contributed by atoms with Gasteiger partial charge in [0.2, 0.25) is 5.91 Å². The number of unbranched alkanes of at least 4 members (excludes halogenated alkanes) is 34. The van der Waals surface area contributed by atoms with E-state index in [-0.39, 0.29) is 19.1 Å². The summed E-state index contributed by atoms with van der Waals surface area (Å²) in [5, 5.41) is 14.0. The molecule has 0 spiro atoms. The van der Waals surface area contributed by atoms with Crippen molar-refractivity contribution in [2.75, 3.05) is 40.9 Å². The van der Waals surface area contributed by atoms with Crippen molar-refractivity contribution in [3.05, 3.63) is 97.2 Å². The number of nitrogens with one attached hydrogen (secondary N) is 1. The van der Waals surface area contributed by atoms with E-state index in [1.54, 1.807) is 6.08 Å². The molecule has 0 heterocycles. The number of aliphatic hydroxyl groups excluding tert-OH is 1. The molecule has 0 aromatic heterocycles. The minimum absolute atomic E-state index is 0.0576. The maximum absolute atomic E-state index is 13.0. The predicted octanol–water partition coefficient (Wildman–Crippen LogP) is 21.3. The summed E-state index contributed by atoms with van der Waals surface area (Å²) < 4.78 is 23.8. The number of nitrogens with zero attached hydrogens (tertiary/aromatic N) is 1. The number of rotatable bonds is 61. The molecule has 0 bridgehead atoms. The fraction of sp³-hybridized carbons (Fsp3) is 0.761. The zero-order valence-corrected chi connectivity index (χ0v) is 53.9. The van der Waals surface area contributed by atoms with Crippen LogP contribution in [0.3, 0.4) is 0 Å². The van der Waals surface area contributed by atoms with E-state index < -0.39 is 20.0 Å². The summed E-state index contributed by atoms with van der Waals surface area (Å²) in [5.41, 5.74) is 0. The number of carbonyl (C=O) groups is 1. The van der Waals surface area contributed by atoms with Gasteiger partial charge in [-0.25, -0.2) is 4.57 Å². The summed E-state index contributed by atoms with van der Waals surface area (Å²) in [6, 6.07) is -0.855. The Bertz CT molecular complexity index is 1620. The van der Waals surface area contributed by atoms with E-state index in [2.05, 4.69) is 104 Å². The van der Waals surface area contributed by atoms with E-state index in [9.17, 15) is 19.4 Å². The van der Waals surface area contributed by atoms with Gasteiger partial charge in [0.1, 0.15) is 13.2 Å². The molecule has 0 saturated heterocycles. The van der Waals surface area contributed by atoms with Crippen LogP contribution >= 0.6 is 7.82 Å². The Morgan fingerprint density at radius 1 is 0.438 bits per heavy atom. The number of phosphoric acid groups is 1. The molecule has 8 nitrogen and oxygen atoms in total. The van der Waals surface area contributed by atoms with Crippen molar-refractivity contribution in [2.45, 2.75) is 309 Å². The average molecular weight is 1140 g/mol. The van der Waals surface area contributed by atoms with Gasteiger partial charge < -0.3 is 19.8 Å². The molecule has 0 aliphatic carbocycles. The summed E-state index contributed by atoms with van der Waals surface area (Å²) in [4.78, 5) is 23.4. The van der Waals surface area contributed by atoms with Crippen molar-refractivity contribution in [3.8, 4) is 0 Å². The topological polar surface area (TPSA) is 105 Å². The van der Waals surface area contributed by atoms with E-state index >= 15 is 0 Å². The largest absolute Gasteiger partial charge is 0.472 e. The first-order valence-electron chi connectivity index (χ1n) is 33.6. The van der Waals surface area contributed by atoms with E-state index in [1.165, 1.54) is 193 Å². The minimum Gasteiger partial charge on any atom is -0.387 e. The summed E-state index contributed by atoms with van der Waals surface area (Å²) >= 11 is 0. The molecular formula is C71H130N2O6P+. The van der Waals surface area contributed by atoms with Gasteiger partial charge >= 0.3 is 7.82 Å². The van der Waals surface area contributed by atoms with Gasteiger partial charge in [-0.15, -0.1) is 0 Å². The highest BCUT2D eigenvalue weighted by molar-refractivity contribution is 7.47. The molecule has 9 heteroatoms. The normalized spacial score (nSPS) is 14.3. The number of hydrogen-bond acceptors (Lipinski definition) is 5. The Labute approximate surface area is 496 Å². The highest BCUT2D eigenvalue weighted by atomic mass is 31.2. The Balaban J connectivity index is 4.14. The van der Waals surface area contributed by atoms with Gasteiger partial charge in [-0.05, 0) is 77.0 Å². The van der Waals surface area contributed by atoms with Gasteiger partial charge in [0.15, 0.2) is 0 Å². The zero-order chi connectivity index (χ0) is 58.4. The third kappa shape index (κ3) is 63.0. The van der Waals surface area contributed by atoms with Crippen LogP contribution in [0.15, 0.2) is 97.2 Å².